The van der Waals surface area contributed by atoms with E-state index in [1.54, 1.807) is 18.2 Å². The summed E-state index contributed by atoms with van der Waals surface area (Å²) in [6.07, 6.45) is 2.91. The Kier molecular flexibility index (Phi) is 4.61. The fraction of sp³-hybridized carbons (Fsp3) is 0.118. The van der Waals surface area contributed by atoms with Crippen molar-refractivity contribution >= 4 is 17.7 Å². The first kappa shape index (κ1) is 14.7. The van der Waals surface area contributed by atoms with Crippen molar-refractivity contribution in [2.24, 2.45) is 5.73 Å². The molecule has 0 saturated heterocycles. The van der Waals surface area contributed by atoms with Gasteiger partial charge in [0, 0.05) is 6.08 Å². The molecule has 0 bridgehead atoms. The van der Waals surface area contributed by atoms with Gasteiger partial charge >= 0.3 is 0 Å². The number of carbonyl (C=O) groups is 1. The number of hydrogen-bond acceptors (Lipinski definition) is 3. The second-order valence-corrected chi connectivity index (χ2v) is 4.75. The van der Waals surface area contributed by atoms with Crippen LogP contribution in [0.1, 0.15) is 16.7 Å². The van der Waals surface area contributed by atoms with Gasteiger partial charge in [-0.3, -0.25) is 4.79 Å². The molecule has 0 atom stereocenters. The van der Waals surface area contributed by atoms with Gasteiger partial charge in [-0.05, 0) is 41.8 Å². The smallest absolute Gasteiger partial charge is 0.241 e. The van der Waals surface area contributed by atoms with Gasteiger partial charge in [0.15, 0.2) is 0 Å². The highest BCUT2D eigenvalue weighted by Gasteiger charge is 2.03. The number of anilines is 1. The highest BCUT2D eigenvalue weighted by molar-refractivity contribution is 5.90. The van der Waals surface area contributed by atoms with Gasteiger partial charge in [-0.15, -0.1) is 0 Å². The van der Waals surface area contributed by atoms with E-state index < -0.39 is 5.91 Å². The maximum Gasteiger partial charge on any atom is 0.241 e. The lowest BCUT2D eigenvalue weighted by Crippen LogP contribution is -2.05. The summed E-state index contributed by atoms with van der Waals surface area (Å²) in [7, 11) is 0. The van der Waals surface area contributed by atoms with Gasteiger partial charge in [-0.1, -0.05) is 30.3 Å². The van der Waals surface area contributed by atoms with Gasteiger partial charge in [-0.25, -0.2) is 0 Å². The molecule has 4 heteroatoms. The van der Waals surface area contributed by atoms with E-state index in [0.717, 1.165) is 11.1 Å². The fourth-order valence-corrected chi connectivity index (χ4v) is 1.91. The van der Waals surface area contributed by atoms with Crippen molar-refractivity contribution in [2.45, 2.75) is 13.5 Å². The molecular formula is C17H18N2O2. The van der Waals surface area contributed by atoms with Crippen LogP contribution < -0.4 is 16.2 Å². The molecule has 4 N–H and O–H groups in total. The fourth-order valence-electron chi connectivity index (χ4n) is 1.91. The maximum atomic E-state index is 10.7. The summed E-state index contributed by atoms with van der Waals surface area (Å²) < 4.78 is 5.74. The molecule has 0 heterocycles. The molecule has 4 nitrogen and oxygen atoms in total. The quantitative estimate of drug-likeness (QED) is 0.653. The van der Waals surface area contributed by atoms with E-state index in [1.807, 2.05) is 37.3 Å². The van der Waals surface area contributed by atoms with Crippen molar-refractivity contribution in [1.29, 1.82) is 0 Å². The van der Waals surface area contributed by atoms with Gasteiger partial charge in [0.05, 0.1) is 5.69 Å². The number of nitrogens with two attached hydrogens (primary N) is 2. The van der Waals surface area contributed by atoms with Crippen LogP contribution in [0.2, 0.25) is 0 Å². The van der Waals surface area contributed by atoms with Crippen LogP contribution in [0.5, 0.6) is 5.75 Å². The Morgan fingerprint density at radius 3 is 2.67 bits per heavy atom. The molecule has 0 aliphatic carbocycles. The number of ether oxygens (including phenoxy) is 1. The Hall–Kier alpha value is -2.75. The second-order valence-electron chi connectivity index (χ2n) is 4.75. The molecule has 0 radical (unpaired) electrons. The molecule has 0 aliphatic heterocycles. The third-order valence-electron chi connectivity index (χ3n) is 3.12. The van der Waals surface area contributed by atoms with Crippen molar-refractivity contribution in [3.05, 3.63) is 65.2 Å². The summed E-state index contributed by atoms with van der Waals surface area (Å²) in [5.41, 5.74) is 14.6. The number of nitrogen functional groups attached to an aromatic ring is 1. The van der Waals surface area contributed by atoms with Crippen LogP contribution in [0.25, 0.3) is 6.08 Å². The second kappa shape index (κ2) is 6.61. The lowest BCUT2D eigenvalue weighted by atomic mass is 10.1. The van der Waals surface area contributed by atoms with Crippen LogP contribution in [0, 0.1) is 6.92 Å². The zero-order valence-electron chi connectivity index (χ0n) is 11.9. The van der Waals surface area contributed by atoms with Crippen molar-refractivity contribution in [3.8, 4) is 5.75 Å². The molecule has 0 aliphatic rings. The number of hydrogen-bond donors (Lipinski definition) is 2. The van der Waals surface area contributed by atoms with E-state index in [-0.39, 0.29) is 0 Å². The Morgan fingerprint density at radius 1 is 1.24 bits per heavy atom. The third-order valence-corrected chi connectivity index (χ3v) is 3.12. The maximum absolute atomic E-state index is 10.7. The summed E-state index contributed by atoms with van der Waals surface area (Å²) in [6.45, 7) is 2.51. The summed E-state index contributed by atoms with van der Waals surface area (Å²) in [6, 6.07) is 13.4. The number of aryl methyl sites for hydroxylation is 1. The summed E-state index contributed by atoms with van der Waals surface area (Å²) in [5.74, 6) is 0.128. The number of carbonyl (C=O) groups excluding carboxylic acids is 1. The minimum absolute atomic E-state index is 0.466. The summed E-state index contributed by atoms with van der Waals surface area (Å²) in [5, 5.41) is 0. The van der Waals surface area contributed by atoms with E-state index in [1.165, 1.54) is 11.6 Å². The zero-order valence-corrected chi connectivity index (χ0v) is 11.9. The predicted octanol–water partition coefficient (Wildman–Crippen LogP) is 2.65. The highest BCUT2D eigenvalue weighted by atomic mass is 16.5. The molecule has 2 aromatic rings. The van der Waals surface area contributed by atoms with Crippen LogP contribution in [0.4, 0.5) is 5.69 Å². The lowest BCUT2D eigenvalue weighted by Gasteiger charge is -2.11. The van der Waals surface area contributed by atoms with E-state index in [4.69, 9.17) is 16.2 Å². The topological polar surface area (TPSA) is 78.3 Å². The minimum Gasteiger partial charge on any atom is -0.487 e. The van der Waals surface area contributed by atoms with E-state index in [0.29, 0.717) is 18.0 Å². The average Bonchev–Trinajstić information content (AvgIpc) is 2.45. The minimum atomic E-state index is -0.492. The number of amides is 1. The first-order chi connectivity index (χ1) is 10.1. The Balaban J connectivity index is 2.08. The predicted molar refractivity (Wildman–Crippen MR) is 84.6 cm³/mol. The van der Waals surface area contributed by atoms with E-state index >= 15 is 0 Å². The molecule has 2 rings (SSSR count). The third kappa shape index (κ3) is 4.11. The van der Waals surface area contributed by atoms with E-state index in [9.17, 15) is 4.79 Å². The van der Waals surface area contributed by atoms with Gasteiger partial charge < -0.3 is 16.2 Å². The molecule has 0 aromatic heterocycles. The van der Waals surface area contributed by atoms with Crippen molar-refractivity contribution in [3.63, 3.8) is 0 Å². The molecule has 108 valence electrons. The van der Waals surface area contributed by atoms with Crippen LogP contribution in [0.3, 0.4) is 0 Å². The van der Waals surface area contributed by atoms with Gasteiger partial charge in [0.1, 0.15) is 12.4 Å². The number of rotatable bonds is 5. The number of benzene rings is 2. The Bertz CT molecular complexity index is 678. The SMILES string of the molecule is Cc1ccccc1COc1ccc(/C=C\C(N)=O)cc1N. The molecule has 0 fully saturated rings. The molecule has 1 amide bonds. The van der Waals surface area contributed by atoms with Crippen molar-refractivity contribution in [2.75, 3.05) is 5.73 Å². The average molecular weight is 282 g/mol. The van der Waals surface area contributed by atoms with Gasteiger partial charge in [0.25, 0.3) is 0 Å². The molecule has 2 aromatic carbocycles. The normalized spacial score (nSPS) is 10.7. The van der Waals surface area contributed by atoms with Crippen LogP contribution in [-0.4, -0.2) is 5.91 Å². The first-order valence-corrected chi connectivity index (χ1v) is 6.60. The molecule has 0 saturated carbocycles. The Labute approximate surface area is 124 Å². The molecule has 0 unspecified atom stereocenters. The number of primary amides is 1. The summed E-state index contributed by atoms with van der Waals surface area (Å²) >= 11 is 0. The molecule has 21 heavy (non-hydrogen) atoms. The first-order valence-electron chi connectivity index (χ1n) is 6.60. The van der Waals surface area contributed by atoms with Crippen LogP contribution >= 0.6 is 0 Å². The van der Waals surface area contributed by atoms with Gasteiger partial charge in [0.2, 0.25) is 5.91 Å². The van der Waals surface area contributed by atoms with Crippen LogP contribution in [0.15, 0.2) is 48.5 Å². The summed E-state index contributed by atoms with van der Waals surface area (Å²) in [4.78, 5) is 10.7. The van der Waals surface area contributed by atoms with E-state index in [2.05, 4.69) is 0 Å². The molecular weight excluding hydrogens is 264 g/mol. The van der Waals surface area contributed by atoms with Crippen LogP contribution in [-0.2, 0) is 11.4 Å². The highest BCUT2D eigenvalue weighted by Crippen LogP contribution is 2.24. The van der Waals surface area contributed by atoms with Crippen molar-refractivity contribution in [1.82, 2.24) is 0 Å². The lowest BCUT2D eigenvalue weighted by molar-refractivity contribution is -0.113. The zero-order chi connectivity index (χ0) is 15.2. The monoisotopic (exact) mass is 282 g/mol. The van der Waals surface area contributed by atoms with Gasteiger partial charge in [-0.2, -0.15) is 0 Å². The molecule has 0 spiro atoms. The van der Waals surface area contributed by atoms with Crippen molar-refractivity contribution < 1.29 is 9.53 Å². The largest absolute Gasteiger partial charge is 0.487 e. The Morgan fingerprint density at radius 2 is 2.00 bits per heavy atom. The standard InChI is InChI=1S/C17H18N2O2/c1-12-4-2-3-5-14(12)11-21-16-8-6-13(10-15(16)18)7-9-17(19)20/h2-10H,11,18H2,1H3,(H2,19,20)/b9-7-.